The van der Waals surface area contributed by atoms with Gasteiger partial charge in [0, 0.05) is 12.4 Å². The molecule has 2 aromatic rings. The molecule has 7 heteroatoms. The Bertz CT molecular complexity index is 833. The van der Waals surface area contributed by atoms with Crippen LogP contribution in [0.2, 0.25) is 0 Å². The first-order valence-electron chi connectivity index (χ1n) is 6.96. The predicted molar refractivity (Wildman–Crippen MR) is 96.6 cm³/mol. The maximum absolute atomic E-state index is 12.5. The van der Waals surface area contributed by atoms with Gasteiger partial charge in [-0.2, -0.15) is 0 Å². The van der Waals surface area contributed by atoms with Crippen LogP contribution in [0.3, 0.4) is 0 Å². The first-order valence-corrected chi connectivity index (χ1v) is 8.19. The quantitative estimate of drug-likeness (QED) is 0.478. The van der Waals surface area contributed by atoms with E-state index in [4.69, 9.17) is 17.0 Å². The van der Waals surface area contributed by atoms with Crippen molar-refractivity contribution in [2.24, 2.45) is 0 Å². The van der Waals surface area contributed by atoms with Gasteiger partial charge in [0.1, 0.15) is 5.75 Å². The minimum Gasteiger partial charge on any atom is -0.497 e. The summed E-state index contributed by atoms with van der Waals surface area (Å²) >= 11 is 6.30. The molecule has 3 rings (SSSR count). The number of rotatable bonds is 3. The van der Waals surface area contributed by atoms with Gasteiger partial charge in [-0.1, -0.05) is 36.1 Å². The Hall–Kier alpha value is -2.51. The van der Waals surface area contributed by atoms with Gasteiger partial charge in [0.05, 0.1) is 17.6 Å². The normalized spacial score (nSPS) is 15.9. The third-order valence-corrected chi connectivity index (χ3v) is 4.62. The monoisotopic (exact) mass is 356 g/mol. The topological polar surface area (TPSA) is 59.5 Å². The summed E-state index contributed by atoms with van der Waals surface area (Å²) in [6.45, 7) is 0. The minimum atomic E-state index is -0.469. The Kier molecular flexibility index (Phi) is 4.73. The lowest BCUT2D eigenvalue weighted by atomic mass is 10.2. The molecule has 1 saturated heterocycles. The van der Waals surface area contributed by atoms with Gasteiger partial charge in [-0.3, -0.25) is 14.6 Å². The number of aromatic nitrogens is 1. The van der Waals surface area contributed by atoms with Gasteiger partial charge >= 0.3 is 0 Å². The van der Waals surface area contributed by atoms with E-state index < -0.39 is 11.8 Å². The van der Waals surface area contributed by atoms with Crippen molar-refractivity contribution in [3.63, 3.8) is 0 Å². The molecule has 1 fully saturated rings. The lowest BCUT2D eigenvalue weighted by molar-refractivity contribution is -0.120. The molecule has 0 bridgehead atoms. The third-order valence-electron chi connectivity index (χ3n) is 3.32. The SMILES string of the molecule is COc1ccc(C=C2SC(=S)N(C(=O)c3cccnc3)C2=O)cc1. The van der Waals surface area contributed by atoms with E-state index in [9.17, 15) is 9.59 Å². The highest BCUT2D eigenvalue weighted by atomic mass is 32.2. The van der Waals surface area contributed by atoms with Crippen LogP contribution in [-0.4, -0.2) is 33.1 Å². The fraction of sp³-hybridized carbons (Fsp3) is 0.0588. The van der Waals surface area contributed by atoms with E-state index in [0.717, 1.165) is 28.0 Å². The van der Waals surface area contributed by atoms with Crippen molar-refractivity contribution in [2.75, 3.05) is 7.11 Å². The van der Waals surface area contributed by atoms with E-state index in [1.54, 1.807) is 43.6 Å². The zero-order chi connectivity index (χ0) is 17.1. The summed E-state index contributed by atoms with van der Waals surface area (Å²) in [6, 6.07) is 10.5. The van der Waals surface area contributed by atoms with Crippen LogP contribution in [0.25, 0.3) is 6.08 Å². The number of carbonyl (C=O) groups excluding carboxylic acids is 2. The van der Waals surface area contributed by atoms with Gasteiger partial charge in [-0.15, -0.1) is 0 Å². The molecule has 1 aromatic carbocycles. The van der Waals surface area contributed by atoms with Gasteiger partial charge in [-0.05, 0) is 35.9 Å². The summed E-state index contributed by atoms with van der Waals surface area (Å²) in [5.41, 5.74) is 1.14. The highest BCUT2D eigenvalue weighted by Crippen LogP contribution is 2.33. The Morgan fingerprint density at radius 2 is 2.04 bits per heavy atom. The molecule has 0 saturated carbocycles. The van der Waals surface area contributed by atoms with Crippen molar-refractivity contribution in [2.45, 2.75) is 0 Å². The maximum Gasteiger partial charge on any atom is 0.273 e. The Labute approximate surface area is 148 Å². The fourth-order valence-corrected chi connectivity index (χ4v) is 3.37. The number of thioether (sulfide) groups is 1. The van der Waals surface area contributed by atoms with E-state index in [2.05, 4.69) is 4.98 Å². The molecule has 0 spiro atoms. The van der Waals surface area contributed by atoms with Crippen molar-refractivity contribution in [1.82, 2.24) is 9.88 Å². The van der Waals surface area contributed by atoms with Crippen LogP contribution in [0.5, 0.6) is 5.75 Å². The Balaban J connectivity index is 1.85. The van der Waals surface area contributed by atoms with Crippen molar-refractivity contribution < 1.29 is 14.3 Å². The molecular formula is C17H12N2O3S2. The average Bonchev–Trinajstić information content (AvgIpc) is 2.89. The van der Waals surface area contributed by atoms with Crippen LogP contribution in [-0.2, 0) is 4.79 Å². The fourth-order valence-electron chi connectivity index (χ4n) is 2.11. The third kappa shape index (κ3) is 3.22. The standard InChI is InChI=1S/C17H12N2O3S2/c1-22-13-6-4-11(5-7-13)9-14-16(21)19(17(23)24-14)15(20)12-3-2-8-18-10-12/h2-10H,1H3. The Morgan fingerprint density at radius 3 is 2.67 bits per heavy atom. The van der Waals surface area contributed by atoms with Gasteiger partial charge in [0.15, 0.2) is 4.32 Å². The van der Waals surface area contributed by atoms with Crippen molar-refractivity contribution in [1.29, 1.82) is 0 Å². The number of nitrogens with zero attached hydrogens (tertiary/aromatic N) is 2. The van der Waals surface area contributed by atoms with Crippen LogP contribution >= 0.6 is 24.0 Å². The molecule has 0 N–H and O–H groups in total. The Morgan fingerprint density at radius 1 is 1.29 bits per heavy atom. The summed E-state index contributed by atoms with van der Waals surface area (Å²) in [5.74, 6) is -0.162. The second-order valence-corrected chi connectivity index (χ2v) is 6.51. The molecule has 0 radical (unpaired) electrons. The number of carbonyl (C=O) groups is 2. The van der Waals surface area contributed by atoms with E-state index in [1.807, 2.05) is 12.1 Å². The summed E-state index contributed by atoms with van der Waals surface area (Å²) in [7, 11) is 1.59. The molecule has 0 atom stereocenters. The van der Waals surface area contributed by atoms with E-state index in [-0.39, 0.29) is 4.32 Å². The predicted octanol–water partition coefficient (Wildman–Crippen LogP) is 3.13. The van der Waals surface area contributed by atoms with Crippen LogP contribution in [0.4, 0.5) is 0 Å². The molecule has 0 unspecified atom stereocenters. The largest absolute Gasteiger partial charge is 0.497 e. The molecule has 1 aromatic heterocycles. The number of methoxy groups -OCH3 is 1. The highest BCUT2D eigenvalue weighted by molar-refractivity contribution is 8.26. The smallest absolute Gasteiger partial charge is 0.273 e. The van der Waals surface area contributed by atoms with Crippen molar-refractivity contribution in [3.8, 4) is 5.75 Å². The molecule has 2 amide bonds. The van der Waals surface area contributed by atoms with Gasteiger partial charge in [0.2, 0.25) is 0 Å². The van der Waals surface area contributed by atoms with E-state index >= 15 is 0 Å². The molecule has 120 valence electrons. The molecule has 1 aliphatic heterocycles. The van der Waals surface area contributed by atoms with E-state index in [0.29, 0.717) is 10.5 Å². The number of amides is 2. The maximum atomic E-state index is 12.5. The molecule has 0 aliphatic carbocycles. The average molecular weight is 356 g/mol. The van der Waals surface area contributed by atoms with Gasteiger partial charge in [-0.25, -0.2) is 4.90 Å². The van der Waals surface area contributed by atoms with Crippen LogP contribution in [0.1, 0.15) is 15.9 Å². The summed E-state index contributed by atoms with van der Waals surface area (Å²) < 4.78 is 5.32. The van der Waals surface area contributed by atoms with Crippen LogP contribution in [0.15, 0.2) is 53.7 Å². The molecule has 24 heavy (non-hydrogen) atoms. The second-order valence-electron chi connectivity index (χ2n) is 4.84. The number of pyridine rings is 1. The first kappa shape index (κ1) is 16.4. The lowest BCUT2D eigenvalue weighted by Crippen LogP contribution is -2.34. The molecule has 1 aliphatic rings. The number of hydrogen-bond donors (Lipinski definition) is 0. The lowest BCUT2D eigenvalue weighted by Gasteiger charge is -2.11. The summed E-state index contributed by atoms with van der Waals surface area (Å²) in [6.07, 6.45) is 4.67. The zero-order valence-electron chi connectivity index (χ0n) is 12.6. The van der Waals surface area contributed by atoms with Gasteiger partial charge in [0.25, 0.3) is 11.8 Å². The number of hydrogen-bond acceptors (Lipinski definition) is 6. The number of imide groups is 1. The highest BCUT2D eigenvalue weighted by Gasteiger charge is 2.37. The second kappa shape index (κ2) is 6.94. The number of ether oxygens (including phenoxy) is 1. The van der Waals surface area contributed by atoms with Crippen molar-refractivity contribution >= 4 is 46.2 Å². The summed E-state index contributed by atoms with van der Waals surface area (Å²) in [4.78, 5) is 30.3. The van der Waals surface area contributed by atoms with Crippen molar-refractivity contribution in [3.05, 3.63) is 64.8 Å². The number of benzene rings is 1. The minimum absolute atomic E-state index is 0.216. The molecule has 2 heterocycles. The van der Waals surface area contributed by atoms with Crippen LogP contribution in [0, 0.1) is 0 Å². The first-order chi connectivity index (χ1) is 11.6. The summed E-state index contributed by atoms with van der Waals surface area (Å²) in [5, 5.41) is 0. The zero-order valence-corrected chi connectivity index (χ0v) is 14.3. The van der Waals surface area contributed by atoms with Gasteiger partial charge < -0.3 is 4.74 Å². The van der Waals surface area contributed by atoms with E-state index in [1.165, 1.54) is 6.20 Å². The molecular weight excluding hydrogens is 344 g/mol. The number of thiocarbonyl (C=S) groups is 1. The molecule has 5 nitrogen and oxygen atoms in total. The van der Waals surface area contributed by atoms with Crippen LogP contribution < -0.4 is 4.74 Å².